The molecule has 150 valence electrons. The Morgan fingerprint density at radius 1 is 1.21 bits per heavy atom. The smallest absolute Gasteiger partial charge is 0.359 e. The van der Waals surface area contributed by atoms with E-state index in [1.807, 2.05) is 13.0 Å². The van der Waals surface area contributed by atoms with Crippen LogP contribution in [0.3, 0.4) is 0 Å². The molecule has 3 aromatic rings. The molecule has 0 fully saturated rings. The SMILES string of the molecule is CCC(OC(=O)c1cnc2ccccc2n1)C(=O)Nc1cc(C)c(Cl)cc1OC. The minimum atomic E-state index is -1.00. The molecule has 3 rings (SSSR count). The van der Waals surface area contributed by atoms with Crippen molar-refractivity contribution in [1.82, 2.24) is 9.97 Å². The van der Waals surface area contributed by atoms with Gasteiger partial charge in [-0.3, -0.25) is 9.78 Å². The van der Waals surface area contributed by atoms with Crippen molar-refractivity contribution in [3.8, 4) is 5.75 Å². The van der Waals surface area contributed by atoms with Crippen molar-refractivity contribution in [2.24, 2.45) is 0 Å². The van der Waals surface area contributed by atoms with E-state index in [4.69, 9.17) is 21.1 Å². The molecule has 0 bridgehead atoms. The molecular formula is C21H20ClN3O4. The minimum Gasteiger partial charge on any atom is -0.495 e. The Labute approximate surface area is 173 Å². The molecule has 0 saturated carbocycles. The minimum absolute atomic E-state index is 0.0369. The third-order valence-corrected chi connectivity index (χ3v) is 4.72. The van der Waals surface area contributed by atoms with Gasteiger partial charge in [-0.05, 0) is 37.1 Å². The lowest BCUT2D eigenvalue weighted by Gasteiger charge is -2.18. The summed E-state index contributed by atoms with van der Waals surface area (Å²) in [5.74, 6) is -0.783. The molecule has 8 heteroatoms. The van der Waals surface area contributed by atoms with Gasteiger partial charge < -0.3 is 14.8 Å². The van der Waals surface area contributed by atoms with E-state index in [2.05, 4.69) is 15.3 Å². The molecule has 0 aliphatic heterocycles. The van der Waals surface area contributed by atoms with E-state index in [1.54, 1.807) is 37.3 Å². The summed E-state index contributed by atoms with van der Waals surface area (Å²) in [6.45, 7) is 3.56. The monoisotopic (exact) mass is 413 g/mol. The number of benzene rings is 2. The lowest BCUT2D eigenvalue weighted by Crippen LogP contribution is -2.32. The zero-order chi connectivity index (χ0) is 21.0. The molecule has 7 nitrogen and oxygen atoms in total. The maximum atomic E-state index is 12.7. The first-order valence-corrected chi connectivity index (χ1v) is 9.38. The summed E-state index contributed by atoms with van der Waals surface area (Å²) < 4.78 is 10.6. The number of hydrogen-bond acceptors (Lipinski definition) is 6. The molecule has 1 aromatic heterocycles. The second-order valence-electron chi connectivity index (χ2n) is 6.34. The van der Waals surface area contributed by atoms with Crippen LogP contribution in [0.1, 0.15) is 29.4 Å². The van der Waals surface area contributed by atoms with Gasteiger partial charge in [0.05, 0.1) is 30.0 Å². The molecule has 0 spiro atoms. The number of carbonyl (C=O) groups is 2. The summed E-state index contributed by atoms with van der Waals surface area (Å²) in [6.07, 6.45) is 0.616. The number of carbonyl (C=O) groups excluding carboxylic acids is 2. The lowest BCUT2D eigenvalue weighted by atomic mass is 10.2. The van der Waals surface area contributed by atoms with Gasteiger partial charge in [0.25, 0.3) is 5.91 Å². The van der Waals surface area contributed by atoms with Gasteiger partial charge in [0.1, 0.15) is 5.75 Å². The van der Waals surface area contributed by atoms with Crippen LogP contribution in [-0.2, 0) is 9.53 Å². The second kappa shape index (κ2) is 8.87. The number of nitrogens with one attached hydrogen (secondary N) is 1. The number of methoxy groups -OCH3 is 1. The van der Waals surface area contributed by atoms with Crippen molar-refractivity contribution < 1.29 is 19.1 Å². The Balaban J connectivity index is 1.75. The van der Waals surface area contributed by atoms with Crippen molar-refractivity contribution in [1.29, 1.82) is 0 Å². The highest BCUT2D eigenvalue weighted by Crippen LogP contribution is 2.31. The van der Waals surface area contributed by atoms with Crippen LogP contribution in [0.5, 0.6) is 5.75 Å². The number of amides is 1. The summed E-state index contributed by atoms with van der Waals surface area (Å²) >= 11 is 6.09. The van der Waals surface area contributed by atoms with E-state index in [-0.39, 0.29) is 12.1 Å². The molecular weight excluding hydrogens is 394 g/mol. The summed E-state index contributed by atoms with van der Waals surface area (Å²) in [4.78, 5) is 33.6. The van der Waals surface area contributed by atoms with Crippen LogP contribution in [0.4, 0.5) is 5.69 Å². The molecule has 2 aromatic carbocycles. The first kappa shape index (κ1) is 20.5. The van der Waals surface area contributed by atoms with Crippen molar-refractivity contribution in [3.05, 3.63) is 58.9 Å². The fraction of sp³-hybridized carbons (Fsp3) is 0.238. The predicted octanol–water partition coefficient (Wildman–Crippen LogP) is 4.17. The van der Waals surface area contributed by atoms with Crippen LogP contribution in [-0.4, -0.2) is 35.1 Å². The number of hydrogen-bond donors (Lipinski definition) is 1. The summed E-state index contributed by atoms with van der Waals surface area (Å²) in [7, 11) is 1.48. The standard InChI is InChI=1S/C21H20ClN3O4/c1-4-18(20(26)25-16-9-12(2)13(22)10-19(16)28-3)29-21(27)17-11-23-14-7-5-6-8-15(14)24-17/h5-11,18H,4H2,1-3H3,(H,25,26). The van der Waals surface area contributed by atoms with E-state index in [1.165, 1.54) is 13.3 Å². The molecule has 29 heavy (non-hydrogen) atoms. The first-order valence-electron chi connectivity index (χ1n) is 9.00. The number of anilines is 1. The number of fused-ring (bicyclic) bond motifs is 1. The first-order chi connectivity index (χ1) is 13.9. The highest BCUT2D eigenvalue weighted by atomic mass is 35.5. The average molecular weight is 414 g/mol. The molecule has 0 saturated heterocycles. The van der Waals surface area contributed by atoms with Crippen LogP contribution in [0.2, 0.25) is 5.02 Å². The molecule has 1 heterocycles. The van der Waals surface area contributed by atoms with Gasteiger partial charge in [-0.15, -0.1) is 0 Å². The predicted molar refractivity (Wildman–Crippen MR) is 110 cm³/mol. The summed E-state index contributed by atoms with van der Waals surface area (Å²) in [5.41, 5.74) is 2.49. The zero-order valence-corrected chi connectivity index (χ0v) is 17.0. The van der Waals surface area contributed by atoms with Crippen molar-refractivity contribution in [2.45, 2.75) is 26.4 Å². The molecule has 0 radical (unpaired) electrons. The van der Waals surface area contributed by atoms with E-state index in [9.17, 15) is 9.59 Å². The van der Waals surface area contributed by atoms with E-state index < -0.39 is 18.0 Å². The summed E-state index contributed by atoms with van der Waals surface area (Å²) in [6, 6.07) is 10.5. The van der Waals surface area contributed by atoms with E-state index in [0.717, 1.165) is 5.56 Å². The molecule has 1 amide bonds. The van der Waals surface area contributed by atoms with Crippen LogP contribution in [0, 0.1) is 6.92 Å². The molecule has 0 aliphatic carbocycles. The molecule has 1 N–H and O–H groups in total. The Hall–Kier alpha value is -3.19. The number of esters is 1. The normalized spacial score (nSPS) is 11.7. The number of rotatable bonds is 6. The van der Waals surface area contributed by atoms with Gasteiger partial charge in [0, 0.05) is 11.1 Å². The van der Waals surface area contributed by atoms with Crippen LogP contribution in [0.15, 0.2) is 42.6 Å². The quantitative estimate of drug-likeness (QED) is 0.610. The van der Waals surface area contributed by atoms with Gasteiger partial charge in [0.15, 0.2) is 11.8 Å². The second-order valence-corrected chi connectivity index (χ2v) is 6.74. The van der Waals surface area contributed by atoms with Crippen LogP contribution >= 0.6 is 11.6 Å². The van der Waals surface area contributed by atoms with Crippen LogP contribution < -0.4 is 10.1 Å². The number of halogens is 1. The number of aromatic nitrogens is 2. The fourth-order valence-corrected chi connectivity index (χ4v) is 2.86. The Kier molecular flexibility index (Phi) is 6.29. The van der Waals surface area contributed by atoms with Crippen LogP contribution in [0.25, 0.3) is 11.0 Å². The largest absolute Gasteiger partial charge is 0.495 e. The van der Waals surface area contributed by atoms with Gasteiger partial charge in [-0.1, -0.05) is 30.7 Å². The third kappa shape index (κ3) is 4.63. The Bertz CT molecular complexity index is 1070. The van der Waals surface area contributed by atoms with Gasteiger partial charge >= 0.3 is 5.97 Å². The highest BCUT2D eigenvalue weighted by molar-refractivity contribution is 6.31. The van der Waals surface area contributed by atoms with Gasteiger partial charge in [-0.2, -0.15) is 0 Å². The van der Waals surface area contributed by atoms with Crippen molar-refractivity contribution >= 4 is 40.2 Å². The maximum Gasteiger partial charge on any atom is 0.359 e. The average Bonchev–Trinajstić information content (AvgIpc) is 2.73. The van der Waals surface area contributed by atoms with Crippen molar-refractivity contribution in [2.75, 3.05) is 12.4 Å². The number of ether oxygens (including phenoxy) is 2. The number of para-hydroxylation sites is 2. The molecule has 0 aliphatic rings. The van der Waals surface area contributed by atoms with Gasteiger partial charge in [0.2, 0.25) is 0 Å². The lowest BCUT2D eigenvalue weighted by molar-refractivity contribution is -0.124. The Morgan fingerprint density at radius 3 is 2.62 bits per heavy atom. The Morgan fingerprint density at radius 2 is 1.93 bits per heavy atom. The topological polar surface area (TPSA) is 90.4 Å². The fourth-order valence-electron chi connectivity index (χ4n) is 2.71. The van der Waals surface area contributed by atoms with E-state index >= 15 is 0 Å². The maximum absolute atomic E-state index is 12.7. The molecule has 1 unspecified atom stereocenters. The van der Waals surface area contributed by atoms with Crippen molar-refractivity contribution in [3.63, 3.8) is 0 Å². The third-order valence-electron chi connectivity index (χ3n) is 4.31. The number of aryl methyl sites for hydroxylation is 1. The van der Waals surface area contributed by atoms with Gasteiger partial charge in [-0.25, -0.2) is 9.78 Å². The van der Waals surface area contributed by atoms with E-state index in [0.29, 0.717) is 27.5 Å². The molecule has 1 atom stereocenters. The number of nitrogens with zero attached hydrogens (tertiary/aromatic N) is 2. The zero-order valence-electron chi connectivity index (χ0n) is 16.2. The summed E-state index contributed by atoms with van der Waals surface area (Å²) in [5, 5.41) is 3.25. The highest BCUT2D eigenvalue weighted by Gasteiger charge is 2.24.